The van der Waals surface area contributed by atoms with Crippen LogP contribution >= 0.6 is 0 Å². The van der Waals surface area contributed by atoms with E-state index in [4.69, 9.17) is 5.73 Å². The third-order valence-corrected chi connectivity index (χ3v) is 2.62. The molecule has 1 heterocycles. The molecule has 0 unspecified atom stereocenters. The molecule has 0 aliphatic carbocycles. The van der Waals surface area contributed by atoms with Gasteiger partial charge in [0, 0.05) is 18.9 Å². The maximum Gasteiger partial charge on any atom is 0.0991 e. The molecule has 0 saturated carbocycles. The van der Waals surface area contributed by atoms with Gasteiger partial charge in [-0.15, -0.1) is 0 Å². The first-order valence-corrected chi connectivity index (χ1v) is 5.16. The predicted molar refractivity (Wildman–Crippen MR) is 60.8 cm³/mol. The zero-order valence-electron chi connectivity index (χ0n) is 8.85. The number of imidazole rings is 1. The van der Waals surface area contributed by atoms with E-state index >= 15 is 0 Å². The Morgan fingerprint density at radius 1 is 1.40 bits per heavy atom. The lowest BCUT2D eigenvalue weighted by atomic mass is 10.0. The van der Waals surface area contributed by atoms with Crippen molar-refractivity contribution in [1.82, 2.24) is 9.55 Å². The molecule has 0 fully saturated rings. The summed E-state index contributed by atoms with van der Waals surface area (Å²) in [5.41, 5.74) is 9.45. The van der Waals surface area contributed by atoms with Crippen LogP contribution < -0.4 is 5.73 Å². The molecule has 2 aromatic rings. The molecule has 15 heavy (non-hydrogen) atoms. The van der Waals surface area contributed by atoms with Crippen molar-refractivity contribution in [2.75, 3.05) is 0 Å². The fourth-order valence-electron chi connectivity index (χ4n) is 1.83. The minimum absolute atomic E-state index is 0.567. The minimum Gasteiger partial charge on any atom is -0.326 e. The van der Waals surface area contributed by atoms with Crippen LogP contribution in [0.2, 0.25) is 0 Å². The molecule has 0 aliphatic rings. The highest BCUT2D eigenvalue weighted by Crippen LogP contribution is 2.18. The number of benzene rings is 1. The van der Waals surface area contributed by atoms with E-state index in [1.165, 1.54) is 11.1 Å². The van der Waals surface area contributed by atoms with Crippen molar-refractivity contribution in [2.24, 2.45) is 5.73 Å². The highest BCUT2D eigenvalue weighted by atomic mass is 15.0. The second-order valence-electron chi connectivity index (χ2n) is 3.44. The summed E-state index contributed by atoms with van der Waals surface area (Å²) in [4.78, 5) is 4.05. The van der Waals surface area contributed by atoms with Gasteiger partial charge in [0.2, 0.25) is 0 Å². The van der Waals surface area contributed by atoms with Crippen molar-refractivity contribution in [3.63, 3.8) is 0 Å². The van der Waals surface area contributed by atoms with E-state index in [0.717, 1.165) is 12.1 Å². The molecule has 0 radical (unpaired) electrons. The van der Waals surface area contributed by atoms with Gasteiger partial charge in [0.15, 0.2) is 0 Å². The molecule has 1 aromatic carbocycles. The summed E-state index contributed by atoms with van der Waals surface area (Å²) >= 11 is 0. The fraction of sp³-hybridized carbons (Fsp3) is 0.250. The van der Waals surface area contributed by atoms with Gasteiger partial charge in [-0.3, -0.25) is 0 Å². The number of aromatic nitrogens is 2. The minimum atomic E-state index is 0.567. The van der Waals surface area contributed by atoms with E-state index in [2.05, 4.69) is 30.1 Å². The molecule has 0 bridgehead atoms. The number of nitrogens with two attached hydrogens (primary N) is 1. The first kappa shape index (κ1) is 9.93. The van der Waals surface area contributed by atoms with Crippen molar-refractivity contribution in [3.05, 3.63) is 48.0 Å². The molecule has 3 heteroatoms. The van der Waals surface area contributed by atoms with Crippen LogP contribution in [-0.4, -0.2) is 9.55 Å². The fourth-order valence-corrected chi connectivity index (χ4v) is 1.83. The standard InChI is InChI=1S/C12H15N3/c1-2-10-4-3-5-12(11(10)8-13)15-7-6-14-9-15/h3-7,9H,2,8,13H2,1H3. The Morgan fingerprint density at radius 3 is 2.87 bits per heavy atom. The average molecular weight is 201 g/mol. The van der Waals surface area contributed by atoms with E-state index in [1.807, 2.05) is 10.8 Å². The van der Waals surface area contributed by atoms with Crippen LogP contribution in [0.1, 0.15) is 18.1 Å². The molecular weight excluding hydrogens is 186 g/mol. The summed E-state index contributed by atoms with van der Waals surface area (Å²) in [6, 6.07) is 6.26. The van der Waals surface area contributed by atoms with Gasteiger partial charge in [-0.25, -0.2) is 4.98 Å². The van der Waals surface area contributed by atoms with Crippen LogP contribution in [0.3, 0.4) is 0 Å². The van der Waals surface area contributed by atoms with Gasteiger partial charge in [0.05, 0.1) is 12.0 Å². The first-order chi connectivity index (χ1) is 7.36. The monoisotopic (exact) mass is 201 g/mol. The van der Waals surface area contributed by atoms with E-state index < -0.39 is 0 Å². The van der Waals surface area contributed by atoms with Gasteiger partial charge in [0.1, 0.15) is 0 Å². The van der Waals surface area contributed by atoms with E-state index in [-0.39, 0.29) is 0 Å². The number of rotatable bonds is 3. The third kappa shape index (κ3) is 1.78. The van der Waals surface area contributed by atoms with Gasteiger partial charge >= 0.3 is 0 Å². The largest absolute Gasteiger partial charge is 0.326 e. The van der Waals surface area contributed by atoms with Gasteiger partial charge < -0.3 is 10.3 Å². The van der Waals surface area contributed by atoms with Crippen LogP contribution in [0.4, 0.5) is 0 Å². The second kappa shape index (κ2) is 4.28. The molecule has 2 N–H and O–H groups in total. The quantitative estimate of drug-likeness (QED) is 0.824. The molecule has 0 saturated heterocycles. The number of aryl methyl sites for hydroxylation is 1. The van der Waals surface area contributed by atoms with E-state index in [0.29, 0.717) is 6.54 Å². The van der Waals surface area contributed by atoms with Gasteiger partial charge in [-0.2, -0.15) is 0 Å². The summed E-state index contributed by atoms with van der Waals surface area (Å²) < 4.78 is 2.00. The van der Waals surface area contributed by atoms with Crippen molar-refractivity contribution >= 4 is 0 Å². The lowest BCUT2D eigenvalue weighted by Crippen LogP contribution is -2.06. The summed E-state index contributed by atoms with van der Waals surface area (Å²) in [6.45, 7) is 2.71. The topological polar surface area (TPSA) is 43.8 Å². The van der Waals surface area contributed by atoms with E-state index in [9.17, 15) is 0 Å². The van der Waals surface area contributed by atoms with Crippen LogP contribution in [-0.2, 0) is 13.0 Å². The molecule has 3 nitrogen and oxygen atoms in total. The Morgan fingerprint density at radius 2 is 2.27 bits per heavy atom. The third-order valence-electron chi connectivity index (χ3n) is 2.62. The summed E-state index contributed by atoms with van der Waals surface area (Å²) in [5.74, 6) is 0. The Hall–Kier alpha value is -1.61. The summed E-state index contributed by atoms with van der Waals surface area (Å²) in [7, 11) is 0. The SMILES string of the molecule is CCc1cccc(-n2ccnc2)c1CN. The van der Waals surface area contributed by atoms with Crippen LogP contribution in [0.15, 0.2) is 36.9 Å². The maximum absolute atomic E-state index is 5.80. The molecule has 78 valence electrons. The number of hydrogen-bond donors (Lipinski definition) is 1. The summed E-state index contributed by atoms with van der Waals surface area (Å²) in [6.07, 6.45) is 6.52. The van der Waals surface area contributed by atoms with Crippen molar-refractivity contribution in [1.29, 1.82) is 0 Å². The zero-order valence-corrected chi connectivity index (χ0v) is 8.85. The van der Waals surface area contributed by atoms with Crippen LogP contribution in [0, 0.1) is 0 Å². The van der Waals surface area contributed by atoms with Gasteiger partial charge in [-0.1, -0.05) is 19.1 Å². The van der Waals surface area contributed by atoms with Gasteiger partial charge in [0.25, 0.3) is 0 Å². The van der Waals surface area contributed by atoms with Crippen molar-refractivity contribution in [2.45, 2.75) is 19.9 Å². The molecule has 0 atom stereocenters. The Bertz CT molecular complexity index is 432. The lowest BCUT2D eigenvalue weighted by molar-refractivity contribution is 0.947. The molecule has 1 aromatic heterocycles. The summed E-state index contributed by atoms with van der Waals surface area (Å²) in [5, 5.41) is 0. The first-order valence-electron chi connectivity index (χ1n) is 5.16. The highest BCUT2D eigenvalue weighted by Gasteiger charge is 2.06. The molecule has 0 aliphatic heterocycles. The Kier molecular flexibility index (Phi) is 2.83. The average Bonchev–Trinajstić information content (AvgIpc) is 2.81. The zero-order chi connectivity index (χ0) is 10.7. The maximum atomic E-state index is 5.80. The molecular formula is C12H15N3. The lowest BCUT2D eigenvalue weighted by Gasteiger charge is -2.12. The predicted octanol–water partition coefficient (Wildman–Crippen LogP) is 1.89. The molecule has 0 spiro atoms. The molecule has 0 amide bonds. The Balaban J connectivity index is 2.56. The normalized spacial score (nSPS) is 10.5. The number of nitrogens with zero attached hydrogens (tertiary/aromatic N) is 2. The van der Waals surface area contributed by atoms with Crippen molar-refractivity contribution < 1.29 is 0 Å². The van der Waals surface area contributed by atoms with Gasteiger partial charge in [-0.05, 0) is 23.6 Å². The highest BCUT2D eigenvalue weighted by molar-refractivity contribution is 5.46. The number of hydrogen-bond acceptors (Lipinski definition) is 2. The smallest absolute Gasteiger partial charge is 0.0991 e. The van der Waals surface area contributed by atoms with Crippen molar-refractivity contribution in [3.8, 4) is 5.69 Å². The van der Waals surface area contributed by atoms with Crippen LogP contribution in [0.5, 0.6) is 0 Å². The van der Waals surface area contributed by atoms with E-state index in [1.54, 1.807) is 12.5 Å². The van der Waals surface area contributed by atoms with Crippen LogP contribution in [0.25, 0.3) is 5.69 Å². The molecule has 2 rings (SSSR count). The Labute approximate surface area is 89.6 Å². The second-order valence-corrected chi connectivity index (χ2v) is 3.44.